The highest BCUT2D eigenvalue weighted by molar-refractivity contribution is 6.06. The molecule has 1 heterocycles. The summed E-state index contributed by atoms with van der Waals surface area (Å²) in [6.45, 7) is 3.86. The number of hydrogen-bond acceptors (Lipinski definition) is 4. The van der Waals surface area contributed by atoms with Gasteiger partial charge in [-0.25, -0.2) is 4.98 Å². The average Bonchev–Trinajstić information content (AvgIpc) is 2.71. The molecule has 0 saturated carbocycles. The molecule has 3 aromatic rings. The molecule has 2 aromatic carbocycles. The van der Waals surface area contributed by atoms with E-state index in [1.165, 1.54) is 0 Å². The SMILES string of the molecule is Cc1cccc(C)c1NC(=O)c1cccc(C(=O)Nc2ccc(N(C)C)cc2)n1. The fraction of sp³-hybridized carbons (Fsp3) is 0.174. The molecule has 0 aliphatic heterocycles. The number of aryl methyl sites for hydroxylation is 2. The molecule has 0 fully saturated rings. The average molecular weight is 388 g/mol. The van der Waals surface area contributed by atoms with E-state index in [2.05, 4.69) is 15.6 Å². The molecule has 1 aromatic heterocycles. The van der Waals surface area contributed by atoms with Crippen molar-refractivity contribution in [1.29, 1.82) is 0 Å². The van der Waals surface area contributed by atoms with Crippen molar-refractivity contribution < 1.29 is 9.59 Å². The van der Waals surface area contributed by atoms with E-state index in [0.29, 0.717) is 5.69 Å². The van der Waals surface area contributed by atoms with Crippen LogP contribution in [-0.4, -0.2) is 30.9 Å². The topological polar surface area (TPSA) is 74.3 Å². The predicted octanol–water partition coefficient (Wildman–Crippen LogP) is 4.27. The molecule has 2 N–H and O–H groups in total. The molecular weight excluding hydrogens is 364 g/mol. The number of aromatic nitrogens is 1. The molecule has 148 valence electrons. The molecule has 0 bridgehead atoms. The van der Waals surface area contributed by atoms with Crippen molar-refractivity contribution in [3.05, 3.63) is 83.2 Å². The monoisotopic (exact) mass is 388 g/mol. The molecule has 0 aliphatic rings. The molecule has 0 atom stereocenters. The molecule has 29 heavy (non-hydrogen) atoms. The van der Waals surface area contributed by atoms with Gasteiger partial charge in [0.2, 0.25) is 0 Å². The van der Waals surface area contributed by atoms with Crippen LogP contribution >= 0.6 is 0 Å². The van der Waals surface area contributed by atoms with Gasteiger partial charge >= 0.3 is 0 Å². The Morgan fingerprint density at radius 2 is 1.28 bits per heavy atom. The van der Waals surface area contributed by atoms with E-state index in [4.69, 9.17) is 0 Å². The third-order valence-corrected chi connectivity index (χ3v) is 4.58. The van der Waals surface area contributed by atoms with Crippen molar-refractivity contribution in [3.8, 4) is 0 Å². The van der Waals surface area contributed by atoms with Crippen LogP contribution in [0.25, 0.3) is 0 Å². The van der Waals surface area contributed by atoms with Crippen molar-refractivity contribution >= 4 is 28.9 Å². The smallest absolute Gasteiger partial charge is 0.274 e. The Hall–Kier alpha value is -3.67. The van der Waals surface area contributed by atoms with Gasteiger partial charge in [-0.1, -0.05) is 24.3 Å². The van der Waals surface area contributed by atoms with Gasteiger partial charge < -0.3 is 15.5 Å². The summed E-state index contributed by atoms with van der Waals surface area (Å²) in [5.74, 6) is -0.725. The first-order valence-corrected chi connectivity index (χ1v) is 9.28. The number of anilines is 3. The van der Waals surface area contributed by atoms with E-state index in [9.17, 15) is 9.59 Å². The van der Waals surface area contributed by atoms with Gasteiger partial charge in [-0.15, -0.1) is 0 Å². The number of pyridine rings is 1. The largest absolute Gasteiger partial charge is 0.378 e. The molecular formula is C23H24N4O2. The van der Waals surface area contributed by atoms with Gasteiger partial charge in [-0.3, -0.25) is 9.59 Å². The number of hydrogen-bond donors (Lipinski definition) is 2. The first kappa shape index (κ1) is 20.1. The van der Waals surface area contributed by atoms with Crippen LogP contribution in [0.1, 0.15) is 32.1 Å². The molecule has 6 heteroatoms. The summed E-state index contributed by atoms with van der Waals surface area (Å²) in [5.41, 5.74) is 4.75. The van der Waals surface area contributed by atoms with E-state index in [-0.39, 0.29) is 23.2 Å². The standard InChI is InChI=1S/C23H24N4O2/c1-15-7-5-8-16(2)21(15)26-23(29)20-10-6-9-19(25-20)22(28)24-17-11-13-18(14-12-17)27(3)4/h5-14H,1-4H3,(H,24,28)(H,26,29). The number of nitrogens with zero attached hydrogens (tertiary/aromatic N) is 2. The Labute approximate surface area is 170 Å². The summed E-state index contributed by atoms with van der Waals surface area (Å²) in [6, 6.07) is 18.1. The van der Waals surface area contributed by atoms with Crippen LogP contribution in [0.2, 0.25) is 0 Å². The van der Waals surface area contributed by atoms with Gasteiger partial charge in [-0.05, 0) is 61.4 Å². The van der Waals surface area contributed by atoms with Crippen molar-refractivity contribution in [1.82, 2.24) is 4.98 Å². The molecule has 2 amide bonds. The fourth-order valence-electron chi connectivity index (χ4n) is 2.91. The second-order valence-corrected chi connectivity index (χ2v) is 7.02. The maximum Gasteiger partial charge on any atom is 0.274 e. The zero-order chi connectivity index (χ0) is 21.0. The van der Waals surface area contributed by atoms with Crippen LogP contribution in [0.3, 0.4) is 0 Å². The minimum Gasteiger partial charge on any atom is -0.378 e. The lowest BCUT2D eigenvalue weighted by atomic mass is 10.1. The third kappa shape index (κ3) is 4.79. The van der Waals surface area contributed by atoms with Gasteiger partial charge in [0.15, 0.2) is 0 Å². The number of nitrogens with one attached hydrogen (secondary N) is 2. The Morgan fingerprint density at radius 3 is 1.83 bits per heavy atom. The zero-order valence-electron chi connectivity index (χ0n) is 17.0. The molecule has 0 spiro atoms. The van der Waals surface area contributed by atoms with Crippen LogP contribution < -0.4 is 15.5 Å². The molecule has 6 nitrogen and oxygen atoms in total. The minimum absolute atomic E-state index is 0.177. The van der Waals surface area contributed by atoms with Crippen molar-refractivity contribution in [2.75, 3.05) is 29.6 Å². The maximum absolute atomic E-state index is 12.6. The number of benzene rings is 2. The van der Waals surface area contributed by atoms with Crippen molar-refractivity contribution in [3.63, 3.8) is 0 Å². The second-order valence-electron chi connectivity index (χ2n) is 7.02. The summed E-state index contributed by atoms with van der Waals surface area (Å²) in [4.78, 5) is 31.4. The predicted molar refractivity (Wildman–Crippen MR) is 117 cm³/mol. The van der Waals surface area contributed by atoms with E-state index < -0.39 is 0 Å². The van der Waals surface area contributed by atoms with E-state index in [0.717, 1.165) is 22.5 Å². The molecule has 0 saturated heterocycles. The van der Waals surface area contributed by atoms with Crippen molar-refractivity contribution in [2.24, 2.45) is 0 Å². The summed E-state index contributed by atoms with van der Waals surface area (Å²) in [5, 5.41) is 5.70. The Morgan fingerprint density at radius 1 is 0.759 bits per heavy atom. The Bertz CT molecular complexity index is 1020. The number of amides is 2. The maximum atomic E-state index is 12.6. The van der Waals surface area contributed by atoms with Crippen LogP contribution in [0.15, 0.2) is 60.7 Å². The summed E-state index contributed by atoms with van der Waals surface area (Å²) in [7, 11) is 3.90. The van der Waals surface area contributed by atoms with E-state index in [1.54, 1.807) is 18.2 Å². The summed E-state index contributed by atoms with van der Waals surface area (Å²) in [6.07, 6.45) is 0. The Kier molecular flexibility index (Phi) is 5.93. The number of rotatable bonds is 5. The summed E-state index contributed by atoms with van der Waals surface area (Å²) < 4.78 is 0. The first-order valence-electron chi connectivity index (χ1n) is 9.28. The molecule has 3 rings (SSSR count). The molecule has 0 aliphatic carbocycles. The second kappa shape index (κ2) is 8.56. The molecule has 0 radical (unpaired) electrons. The Balaban J connectivity index is 1.74. The molecule has 0 unspecified atom stereocenters. The van der Waals surface area contributed by atoms with Crippen LogP contribution in [0.5, 0.6) is 0 Å². The minimum atomic E-state index is -0.371. The van der Waals surface area contributed by atoms with E-state index in [1.807, 2.05) is 75.3 Å². The van der Waals surface area contributed by atoms with Crippen molar-refractivity contribution in [2.45, 2.75) is 13.8 Å². The lowest BCUT2D eigenvalue weighted by Gasteiger charge is -2.13. The highest BCUT2D eigenvalue weighted by atomic mass is 16.2. The van der Waals surface area contributed by atoms with Crippen LogP contribution in [0, 0.1) is 13.8 Å². The third-order valence-electron chi connectivity index (χ3n) is 4.58. The van der Waals surface area contributed by atoms with Crippen LogP contribution in [0.4, 0.5) is 17.1 Å². The number of carbonyl (C=O) groups excluding carboxylic acids is 2. The summed E-state index contributed by atoms with van der Waals surface area (Å²) >= 11 is 0. The van der Waals surface area contributed by atoms with Crippen LogP contribution in [-0.2, 0) is 0 Å². The fourth-order valence-corrected chi connectivity index (χ4v) is 2.91. The van der Waals surface area contributed by atoms with Gasteiger partial charge in [0.25, 0.3) is 11.8 Å². The normalized spacial score (nSPS) is 10.3. The van der Waals surface area contributed by atoms with Gasteiger partial charge in [0.1, 0.15) is 11.4 Å². The zero-order valence-corrected chi connectivity index (χ0v) is 17.0. The number of para-hydroxylation sites is 1. The highest BCUT2D eigenvalue weighted by Gasteiger charge is 2.14. The van der Waals surface area contributed by atoms with Gasteiger partial charge in [0.05, 0.1) is 0 Å². The highest BCUT2D eigenvalue weighted by Crippen LogP contribution is 2.20. The van der Waals surface area contributed by atoms with E-state index >= 15 is 0 Å². The van der Waals surface area contributed by atoms with Gasteiger partial charge in [0, 0.05) is 31.2 Å². The number of carbonyl (C=O) groups is 2. The first-order chi connectivity index (χ1) is 13.8. The lowest BCUT2D eigenvalue weighted by Crippen LogP contribution is -2.19. The van der Waals surface area contributed by atoms with Gasteiger partial charge in [-0.2, -0.15) is 0 Å². The lowest BCUT2D eigenvalue weighted by molar-refractivity contribution is 0.101. The quantitative estimate of drug-likeness (QED) is 0.685.